The third kappa shape index (κ3) is 4.72. The standard InChI is InChI=1S/C14H19N3O5/c1-9(2)15-13(18)8-22-14(19)10-5-6-11(16(3)4)12(7-10)17(20)21/h5-7,9H,8H2,1-4H3,(H,15,18). The zero-order valence-electron chi connectivity index (χ0n) is 13.0. The molecule has 0 heterocycles. The first-order valence-corrected chi connectivity index (χ1v) is 6.64. The third-order valence-corrected chi connectivity index (χ3v) is 2.67. The molecule has 120 valence electrons. The van der Waals surface area contributed by atoms with Gasteiger partial charge in [0, 0.05) is 26.2 Å². The largest absolute Gasteiger partial charge is 0.452 e. The van der Waals surface area contributed by atoms with Crippen LogP contribution in [0.4, 0.5) is 11.4 Å². The molecule has 0 saturated carbocycles. The van der Waals surface area contributed by atoms with Crippen molar-refractivity contribution in [2.24, 2.45) is 0 Å². The summed E-state index contributed by atoms with van der Waals surface area (Å²) in [5.41, 5.74) is 0.194. The first-order chi connectivity index (χ1) is 10.2. The van der Waals surface area contributed by atoms with Crippen molar-refractivity contribution in [2.45, 2.75) is 19.9 Å². The summed E-state index contributed by atoms with van der Waals surface area (Å²) in [6, 6.07) is 3.96. The van der Waals surface area contributed by atoms with Gasteiger partial charge in [-0.05, 0) is 26.0 Å². The van der Waals surface area contributed by atoms with E-state index in [0.717, 1.165) is 6.07 Å². The van der Waals surface area contributed by atoms with Crippen LogP contribution in [-0.4, -0.2) is 43.5 Å². The van der Waals surface area contributed by atoms with Gasteiger partial charge in [0.15, 0.2) is 6.61 Å². The lowest BCUT2D eigenvalue weighted by atomic mass is 10.1. The molecule has 8 nitrogen and oxygen atoms in total. The van der Waals surface area contributed by atoms with Gasteiger partial charge >= 0.3 is 5.97 Å². The van der Waals surface area contributed by atoms with E-state index in [1.54, 1.807) is 32.8 Å². The van der Waals surface area contributed by atoms with E-state index in [9.17, 15) is 19.7 Å². The van der Waals surface area contributed by atoms with E-state index >= 15 is 0 Å². The van der Waals surface area contributed by atoms with Crippen LogP contribution < -0.4 is 10.2 Å². The first kappa shape index (κ1) is 17.4. The molecule has 0 aliphatic heterocycles. The molecule has 0 saturated heterocycles. The molecular weight excluding hydrogens is 290 g/mol. The number of esters is 1. The van der Waals surface area contributed by atoms with Gasteiger partial charge in [-0.25, -0.2) is 4.79 Å². The molecule has 1 aromatic rings. The lowest BCUT2D eigenvalue weighted by Gasteiger charge is -2.13. The fraction of sp³-hybridized carbons (Fsp3) is 0.429. The van der Waals surface area contributed by atoms with Gasteiger partial charge in [-0.1, -0.05) is 0 Å². The molecule has 0 aliphatic rings. The Kier molecular flexibility index (Phi) is 5.85. The lowest BCUT2D eigenvalue weighted by Crippen LogP contribution is -2.34. The number of carbonyl (C=O) groups excluding carboxylic acids is 2. The Balaban J connectivity index is 2.84. The highest BCUT2D eigenvalue weighted by molar-refractivity contribution is 5.93. The Morgan fingerprint density at radius 2 is 2.00 bits per heavy atom. The Morgan fingerprint density at radius 1 is 1.36 bits per heavy atom. The fourth-order valence-electron chi connectivity index (χ4n) is 1.75. The van der Waals surface area contributed by atoms with Crippen molar-refractivity contribution in [1.82, 2.24) is 5.32 Å². The SMILES string of the molecule is CC(C)NC(=O)COC(=O)c1ccc(N(C)C)c([N+](=O)[O-])c1. The zero-order valence-corrected chi connectivity index (χ0v) is 13.0. The number of carbonyl (C=O) groups is 2. The summed E-state index contributed by atoms with van der Waals surface area (Å²) in [6.07, 6.45) is 0. The molecule has 0 spiro atoms. The molecule has 0 aliphatic carbocycles. The molecule has 0 radical (unpaired) electrons. The van der Waals surface area contributed by atoms with Gasteiger partial charge in [-0.15, -0.1) is 0 Å². The number of ether oxygens (including phenoxy) is 1. The van der Waals surface area contributed by atoms with E-state index in [1.807, 2.05) is 0 Å². The Bertz CT molecular complexity index is 584. The van der Waals surface area contributed by atoms with Crippen molar-refractivity contribution in [3.05, 3.63) is 33.9 Å². The molecule has 8 heteroatoms. The smallest absolute Gasteiger partial charge is 0.338 e. The summed E-state index contributed by atoms with van der Waals surface area (Å²) in [7, 11) is 3.33. The highest BCUT2D eigenvalue weighted by Crippen LogP contribution is 2.27. The lowest BCUT2D eigenvalue weighted by molar-refractivity contribution is -0.384. The predicted octanol–water partition coefficient (Wildman–Crippen LogP) is 1.34. The van der Waals surface area contributed by atoms with Gasteiger partial charge in [0.05, 0.1) is 10.5 Å². The minimum atomic E-state index is -0.785. The average molecular weight is 309 g/mol. The van der Waals surface area contributed by atoms with Crippen molar-refractivity contribution in [3.8, 4) is 0 Å². The second-order valence-electron chi connectivity index (χ2n) is 5.15. The van der Waals surface area contributed by atoms with E-state index in [-0.39, 0.29) is 17.3 Å². The summed E-state index contributed by atoms with van der Waals surface area (Å²) in [4.78, 5) is 35.3. The minimum Gasteiger partial charge on any atom is -0.452 e. The van der Waals surface area contributed by atoms with E-state index in [0.29, 0.717) is 5.69 Å². The number of nitrogens with zero attached hydrogens (tertiary/aromatic N) is 2. The summed E-state index contributed by atoms with van der Waals surface area (Å²) in [5.74, 6) is -1.21. The van der Waals surface area contributed by atoms with Crippen LogP contribution in [0, 0.1) is 10.1 Å². The third-order valence-electron chi connectivity index (χ3n) is 2.67. The molecule has 0 atom stereocenters. The number of rotatable bonds is 6. The van der Waals surface area contributed by atoms with E-state index < -0.39 is 23.4 Å². The van der Waals surface area contributed by atoms with Crippen LogP contribution in [0.2, 0.25) is 0 Å². The number of nitro groups is 1. The molecule has 0 aromatic heterocycles. The van der Waals surface area contributed by atoms with Crippen LogP contribution in [0.1, 0.15) is 24.2 Å². The number of amides is 1. The Labute approximate surface area is 128 Å². The molecule has 1 aromatic carbocycles. The van der Waals surface area contributed by atoms with Crippen LogP contribution in [-0.2, 0) is 9.53 Å². The molecule has 0 bridgehead atoms. The van der Waals surface area contributed by atoms with E-state index in [1.165, 1.54) is 12.1 Å². The predicted molar refractivity (Wildman–Crippen MR) is 81.0 cm³/mol. The number of anilines is 1. The van der Waals surface area contributed by atoms with Crippen LogP contribution in [0.5, 0.6) is 0 Å². The number of nitrogens with one attached hydrogen (secondary N) is 1. The van der Waals surface area contributed by atoms with Crippen molar-refractivity contribution < 1.29 is 19.2 Å². The van der Waals surface area contributed by atoms with Gasteiger partial charge in [-0.2, -0.15) is 0 Å². The summed E-state index contributed by atoms with van der Waals surface area (Å²) >= 11 is 0. The second kappa shape index (κ2) is 7.39. The summed E-state index contributed by atoms with van der Waals surface area (Å²) in [6.45, 7) is 3.13. The zero-order chi connectivity index (χ0) is 16.9. The maximum Gasteiger partial charge on any atom is 0.338 e. The van der Waals surface area contributed by atoms with E-state index in [2.05, 4.69) is 5.32 Å². The number of nitro benzene ring substituents is 1. The highest BCUT2D eigenvalue weighted by Gasteiger charge is 2.20. The van der Waals surface area contributed by atoms with Crippen molar-refractivity contribution in [2.75, 3.05) is 25.6 Å². The number of benzene rings is 1. The van der Waals surface area contributed by atoms with Gasteiger partial charge in [0.1, 0.15) is 5.69 Å². The van der Waals surface area contributed by atoms with Crippen LogP contribution >= 0.6 is 0 Å². The average Bonchev–Trinajstić information content (AvgIpc) is 2.43. The Morgan fingerprint density at radius 3 is 2.50 bits per heavy atom. The topological polar surface area (TPSA) is 102 Å². The Hall–Kier alpha value is -2.64. The quantitative estimate of drug-likeness (QED) is 0.483. The summed E-state index contributed by atoms with van der Waals surface area (Å²) in [5, 5.41) is 13.6. The maximum atomic E-state index is 11.9. The van der Waals surface area contributed by atoms with Gasteiger partial charge < -0.3 is 15.0 Å². The molecule has 0 fully saturated rings. The maximum absolute atomic E-state index is 11.9. The molecule has 1 rings (SSSR count). The molecule has 22 heavy (non-hydrogen) atoms. The molecule has 0 unspecified atom stereocenters. The van der Waals surface area contributed by atoms with Gasteiger partial charge in [-0.3, -0.25) is 14.9 Å². The first-order valence-electron chi connectivity index (χ1n) is 6.64. The van der Waals surface area contributed by atoms with Crippen LogP contribution in [0.25, 0.3) is 0 Å². The van der Waals surface area contributed by atoms with Gasteiger partial charge in [0.2, 0.25) is 0 Å². The monoisotopic (exact) mass is 309 g/mol. The van der Waals surface area contributed by atoms with Crippen LogP contribution in [0.3, 0.4) is 0 Å². The number of hydrogen-bond acceptors (Lipinski definition) is 6. The highest BCUT2D eigenvalue weighted by atomic mass is 16.6. The normalized spacial score (nSPS) is 10.2. The molecule has 1 amide bonds. The van der Waals surface area contributed by atoms with Crippen molar-refractivity contribution in [1.29, 1.82) is 0 Å². The van der Waals surface area contributed by atoms with Crippen LogP contribution in [0.15, 0.2) is 18.2 Å². The van der Waals surface area contributed by atoms with Crippen molar-refractivity contribution in [3.63, 3.8) is 0 Å². The molecular formula is C14H19N3O5. The molecule has 1 N–H and O–H groups in total. The second-order valence-corrected chi connectivity index (χ2v) is 5.15. The minimum absolute atomic E-state index is 0.0228. The number of hydrogen-bond donors (Lipinski definition) is 1. The van der Waals surface area contributed by atoms with E-state index in [4.69, 9.17) is 4.74 Å². The van der Waals surface area contributed by atoms with Crippen molar-refractivity contribution >= 4 is 23.3 Å². The fourth-order valence-corrected chi connectivity index (χ4v) is 1.75. The van der Waals surface area contributed by atoms with Gasteiger partial charge in [0.25, 0.3) is 11.6 Å². The summed E-state index contributed by atoms with van der Waals surface area (Å²) < 4.78 is 4.84.